The summed E-state index contributed by atoms with van der Waals surface area (Å²) in [7, 11) is 1.53. The van der Waals surface area contributed by atoms with E-state index >= 15 is 0 Å². The van der Waals surface area contributed by atoms with Crippen molar-refractivity contribution in [2.24, 2.45) is 5.92 Å². The van der Waals surface area contributed by atoms with Crippen molar-refractivity contribution < 1.29 is 14.9 Å². The van der Waals surface area contributed by atoms with Crippen molar-refractivity contribution in [1.82, 2.24) is 9.88 Å². The summed E-state index contributed by atoms with van der Waals surface area (Å²) in [5.74, 6) is 0.350. The first-order valence-electron chi connectivity index (χ1n) is 6.33. The zero-order valence-electron chi connectivity index (χ0n) is 10.9. The summed E-state index contributed by atoms with van der Waals surface area (Å²) >= 11 is 6.04. The Morgan fingerprint density at radius 1 is 1.58 bits per heavy atom. The Kier molecular flexibility index (Phi) is 4.99. The molecule has 2 atom stereocenters. The Bertz CT molecular complexity index is 430. The molecule has 0 amide bonds. The molecule has 2 unspecified atom stereocenters. The number of rotatable bonds is 4. The summed E-state index contributed by atoms with van der Waals surface area (Å²) in [5.41, 5.74) is 0.999. The third-order valence-corrected chi connectivity index (χ3v) is 3.75. The molecule has 5 nitrogen and oxygen atoms in total. The van der Waals surface area contributed by atoms with Crippen molar-refractivity contribution in [2.45, 2.75) is 19.1 Å². The maximum Gasteiger partial charge on any atom is 0.232 e. The normalized spacial score (nSPS) is 24.4. The van der Waals surface area contributed by atoms with Gasteiger partial charge in [0, 0.05) is 38.4 Å². The molecule has 6 heteroatoms. The highest BCUT2D eigenvalue weighted by Gasteiger charge is 2.27. The quantitative estimate of drug-likeness (QED) is 0.862. The summed E-state index contributed by atoms with van der Waals surface area (Å²) in [6.45, 7) is 2.21. The molecular formula is C13H19ClN2O3. The van der Waals surface area contributed by atoms with Crippen LogP contribution in [0.1, 0.15) is 12.0 Å². The maximum absolute atomic E-state index is 9.73. The van der Waals surface area contributed by atoms with Crippen molar-refractivity contribution in [2.75, 3.05) is 26.8 Å². The number of methoxy groups -OCH3 is 1. The molecule has 1 aliphatic rings. The van der Waals surface area contributed by atoms with Gasteiger partial charge in [0.05, 0.1) is 13.2 Å². The minimum atomic E-state index is -0.404. The lowest BCUT2D eigenvalue weighted by Gasteiger charge is -2.35. The number of aliphatic hydroxyl groups is 2. The van der Waals surface area contributed by atoms with Gasteiger partial charge in [-0.2, -0.15) is 0 Å². The molecule has 1 aromatic heterocycles. The van der Waals surface area contributed by atoms with E-state index in [4.69, 9.17) is 16.3 Å². The fraction of sp³-hybridized carbons (Fsp3) is 0.615. The van der Waals surface area contributed by atoms with Crippen molar-refractivity contribution in [1.29, 1.82) is 0 Å². The summed E-state index contributed by atoms with van der Waals surface area (Å²) < 4.78 is 5.02. The van der Waals surface area contributed by atoms with Gasteiger partial charge in [0.25, 0.3) is 0 Å². The first-order valence-corrected chi connectivity index (χ1v) is 6.71. The lowest BCUT2D eigenvalue weighted by molar-refractivity contribution is -0.00203. The predicted octanol–water partition coefficient (Wildman–Crippen LogP) is 0.919. The van der Waals surface area contributed by atoms with E-state index in [1.54, 1.807) is 6.20 Å². The number of piperidine rings is 1. The largest absolute Gasteiger partial charge is 0.480 e. The lowest BCUT2D eigenvalue weighted by atomic mass is 9.95. The van der Waals surface area contributed by atoms with Gasteiger partial charge >= 0.3 is 0 Å². The maximum atomic E-state index is 9.73. The van der Waals surface area contributed by atoms with Crippen LogP contribution < -0.4 is 4.74 Å². The van der Waals surface area contributed by atoms with Crippen LogP contribution in [0.2, 0.25) is 5.02 Å². The molecule has 2 heterocycles. The standard InChI is InChI=1S/C13H19ClN2O3/c1-19-13-11(14)4-9(5-15-13)6-16-3-2-12(18)10(7-16)8-17/h4-5,10,12,17-18H,2-3,6-8H2,1H3. The highest BCUT2D eigenvalue weighted by molar-refractivity contribution is 6.31. The molecule has 106 valence electrons. The van der Waals surface area contributed by atoms with Crippen molar-refractivity contribution >= 4 is 11.6 Å². The van der Waals surface area contributed by atoms with Crippen LogP contribution in [0.4, 0.5) is 0 Å². The molecule has 1 aliphatic heterocycles. The van der Waals surface area contributed by atoms with Gasteiger partial charge in [-0.3, -0.25) is 4.90 Å². The van der Waals surface area contributed by atoms with Gasteiger partial charge in [-0.15, -0.1) is 0 Å². The zero-order valence-corrected chi connectivity index (χ0v) is 11.7. The Morgan fingerprint density at radius 2 is 2.37 bits per heavy atom. The predicted molar refractivity (Wildman–Crippen MR) is 72.3 cm³/mol. The van der Waals surface area contributed by atoms with Gasteiger partial charge in [-0.05, 0) is 18.1 Å². The van der Waals surface area contributed by atoms with E-state index in [1.807, 2.05) is 6.07 Å². The van der Waals surface area contributed by atoms with Crippen LogP contribution in [0, 0.1) is 5.92 Å². The topological polar surface area (TPSA) is 65.8 Å². The van der Waals surface area contributed by atoms with E-state index in [2.05, 4.69) is 9.88 Å². The third kappa shape index (κ3) is 3.57. The third-order valence-electron chi connectivity index (χ3n) is 3.48. The fourth-order valence-corrected chi connectivity index (χ4v) is 2.64. The van der Waals surface area contributed by atoms with Gasteiger partial charge in [0.15, 0.2) is 0 Å². The first kappa shape index (κ1) is 14.5. The van der Waals surface area contributed by atoms with E-state index < -0.39 is 6.10 Å². The molecule has 0 spiro atoms. The van der Waals surface area contributed by atoms with Crippen LogP contribution in [-0.2, 0) is 6.54 Å². The fourth-order valence-electron chi connectivity index (χ4n) is 2.38. The van der Waals surface area contributed by atoms with E-state index in [0.717, 1.165) is 12.1 Å². The molecule has 0 aliphatic carbocycles. The summed E-state index contributed by atoms with van der Waals surface area (Å²) in [6.07, 6.45) is 2.02. The molecule has 1 fully saturated rings. The van der Waals surface area contributed by atoms with Crippen LogP contribution in [-0.4, -0.2) is 53.0 Å². The van der Waals surface area contributed by atoms with Gasteiger partial charge < -0.3 is 14.9 Å². The molecule has 0 saturated carbocycles. The number of aromatic nitrogens is 1. The number of halogens is 1. The zero-order chi connectivity index (χ0) is 13.8. The minimum absolute atomic E-state index is 0.0132. The van der Waals surface area contributed by atoms with E-state index in [-0.39, 0.29) is 12.5 Å². The molecule has 0 aromatic carbocycles. The Labute approximate surface area is 117 Å². The Balaban J connectivity index is 1.99. The summed E-state index contributed by atoms with van der Waals surface area (Å²) in [4.78, 5) is 6.32. The van der Waals surface area contributed by atoms with E-state index in [1.165, 1.54) is 7.11 Å². The van der Waals surface area contributed by atoms with Gasteiger partial charge in [-0.1, -0.05) is 11.6 Å². The molecule has 1 saturated heterocycles. The van der Waals surface area contributed by atoms with Crippen LogP contribution in [0.25, 0.3) is 0 Å². The van der Waals surface area contributed by atoms with Gasteiger partial charge in [0.2, 0.25) is 5.88 Å². The highest BCUT2D eigenvalue weighted by atomic mass is 35.5. The van der Waals surface area contributed by atoms with Crippen molar-refractivity contribution in [3.63, 3.8) is 0 Å². The highest BCUT2D eigenvalue weighted by Crippen LogP contribution is 2.24. The number of likely N-dealkylation sites (tertiary alicyclic amines) is 1. The first-order chi connectivity index (χ1) is 9.13. The SMILES string of the molecule is COc1ncc(CN2CCC(O)C(CO)C2)cc1Cl. The second kappa shape index (κ2) is 6.52. The number of ether oxygens (including phenoxy) is 1. The summed E-state index contributed by atoms with van der Waals surface area (Å²) in [6, 6.07) is 1.84. The van der Waals surface area contributed by atoms with Crippen molar-refractivity contribution in [3.05, 3.63) is 22.8 Å². The average molecular weight is 287 g/mol. The van der Waals surface area contributed by atoms with Crippen LogP contribution in [0.3, 0.4) is 0 Å². The smallest absolute Gasteiger partial charge is 0.232 e. The second-order valence-corrected chi connectivity index (χ2v) is 5.28. The van der Waals surface area contributed by atoms with Crippen LogP contribution in [0.5, 0.6) is 5.88 Å². The molecular weight excluding hydrogens is 268 g/mol. The number of nitrogens with zero attached hydrogens (tertiary/aromatic N) is 2. The summed E-state index contributed by atoms with van der Waals surface area (Å²) in [5, 5.41) is 19.4. The Morgan fingerprint density at radius 3 is 3.00 bits per heavy atom. The Hall–Kier alpha value is -0.880. The minimum Gasteiger partial charge on any atom is -0.480 e. The molecule has 0 bridgehead atoms. The van der Waals surface area contributed by atoms with Crippen molar-refractivity contribution in [3.8, 4) is 5.88 Å². The number of hydrogen-bond acceptors (Lipinski definition) is 5. The average Bonchev–Trinajstić information content (AvgIpc) is 2.41. The van der Waals surface area contributed by atoms with Crippen LogP contribution in [0.15, 0.2) is 12.3 Å². The lowest BCUT2D eigenvalue weighted by Crippen LogP contribution is -2.44. The van der Waals surface area contributed by atoms with Gasteiger partial charge in [0.1, 0.15) is 5.02 Å². The molecule has 1 aromatic rings. The monoisotopic (exact) mass is 286 g/mol. The van der Waals surface area contributed by atoms with Gasteiger partial charge in [-0.25, -0.2) is 4.98 Å². The van der Waals surface area contributed by atoms with E-state index in [0.29, 0.717) is 30.4 Å². The second-order valence-electron chi connectivity index (χ2n) is 4.87. The molecule has 2 rings (SSSR count). The van der Waals surface area contributed by atoms with Crippen LogP contribution >= 0.6 is 11.6 Å². The number of pyridine rings is 1. The molecule has 2 N–H and O–H groups in total. The molecule has 19 heavy (non-hydrogen) atoms. The van der Waals surface area contributed by atoms with E-state index in [9.17, 15) is 10.2 Å². The number of hydrogen-bond donors (Lipinski definition) is 2. The molecule has 0 radical (unpaired) electrons. The number of aliphatic hydroxyl groups excluding tert-OH is 2.